The highest BCUT2D eigenvalue weighted by Crippen LogP contribution is 2.25. The molecule has 1 aromatic carbocycles. The number of hydrogen-bond donors (Lipinski definition) is 1. The lowest BCUT2D eigenvalue weighted by Crippen LogP contribution is -2.47. The zero-order valence-electron chi connectivity index (χ0n) is 17.0. The van der Waals surface area contributed by atoms with Gasteiger partial charge >= 0.3 is 0 Å². The van der Waals surface area contributed by atoms with Gasteiger partial charge in [0.05, 0.1) is 11.4 Å². The van der Waals surface area contributed by atoms with Crippen LogP contribution in [0.1, 0.15) is 24.1 Å². The summed E-state index contributed by atoms with van der Waals surface area (Å²) < 4.78 is 14.7. The Morgan fingerprint density at radius 2 is 2.00 bits per heavy atom. The van der Waals surface area contributed by atoms with E-state index in [0.29, 0.717) is 34.6 Å². The summed E-state index contributed by atoms with van der Waals surface area (Å²) in [7, 11) is 0. The van der Waals surface area contributed by atoms with E-state index < -0.39 is 0 Å². The first kappa shape index (κ1) is 21.0. The molecule has 3 heterocycles. The Bertz CT molecular complexity index is 1080. The number of aromatic nitrogens is 4. The molecule has 31 heavy (non-hydrogen) atoms. The third-order valence-corrected chi connectivity index (χ3v) is 5.49. The SMILES string of the molecule is Cc1nn(-c2ccc(F)cc2)c(Cl)c1C=CC(=O)NC1CCCN(c2ncccn2)C1. The van der Waals surface area contributed by atoms with E-state index in [2.05, 4.69) is 25.3 Å². The molecule has 4 rings (SSSR count). The van der Waals surface area contributed by atoms with Gasteiger partial charge < -0.3 is 10.2 Å². The molecule has 0 aliphatic carbocycles. The predicted octanol–water partition coefficient (Wildman–Crippen LogP) is 3.56. The van der Waals surface area contributed by atoms with Crippen molar-refractivity contribution in [3.63, 3.8) is 0 Å². The average molecular weight is 441 g/mol. The molecule has 1 aliphatic heterocycles. The molecular formula is C22H22ClFN6O. The minimum absolute atomic E-state index is 0.00761. The van der Waals surface area contributed by atoms with Crippen LogP contribution in [0.4, 0.5) is 10.3 Å². The number of nitrogens with one attached hydrogen (secondary N) is 1. The summed E-state index contributed by atoms with van der Waals surface area (Å²) in [5.41, 5.74) is 1.96. The Labute approximate surface area is 184 Å². The minimum Gasteiger partial charge on any atom is -0.348 e. The fraction of sp³-hybridized carbons (Fsp3) is 0.273. The molecular weight excluding hydrogens is 419 g/mol. The molecule has 160 valence electrons. The quantitative estimate of drug-likeness (QED) is 0.614. The molecule has 1 aliphatic rings. The zero-order chi connectivity index (χ0) is 21.8. The topological polar surface area (TPSA) is 75.9 Å². The second-order valence-electron chi connectivity index (χ2n) is 7.35. The first-order valence-corrected chi connectivity index (χ1v) is 10.4. The number of carbonyl (C=O) groups excluding carboxylic acids is 1. The van der Waals surface area contributed by atoms with Gasteiger partial charge in [-0.2, -0.15) is 5.10 Å². The van der Waals surface area contributed by atoms with Gasteiger partial charge in [-0.15, -0.1) is 0 Å². The molecule has 0 spiro atoms. The van der Waals surface area contributed by atoms with E-state index in [4.69, 9.17) is 11.6 Å². The number of benzene rings is 1. The number of rotatable bonds is 5. The van der Waals surface area contributed by atoms with Crippen molar-refractivity contribution < 1.29 is 9.18 Å². The molecule has 0 bridgehead atoms. The highest BCUT2D eigenvalue weighted by molar-refractivity contribution is 6.31. The summed E-state index contributed by atoms with van der Waals surface area (Å²) in [5.74, 6) is 0.138. The lowest BCUT2D eigenvalue weighted by atomic mass is 10.1. The van der Waals surface area contributed by atoms with E-state index in [1.165, 1.54) is 22.9 Å². The third-order valence-electron chi connectivity index (χ3n) is 5.12. The largest absolute Gasteiger partial charge is 0.348 e. The third kappa shape index (κ3) is 4.91. The molecule has 7 nitrogen and oxygen atoms in total. The fourth-order valence-electron chi connectivity index (χ4n) is 3.59. The molecule has 1 N–H and O–H groups in total. The van der Waals surface area contributed by atoms with Crippen molar-refractivity contribution in [3.05, 3.63) is 71.0 Å². The van der Waals surface area contributed by atoms with Crippen molar-refractivity contribution >= 4 is 29.5 Å². The second-order valence-corrected chi connectivity index (χ2v) is 7.71. The lowest BCUT2D eigenvalue weighted by molar-refractivity contribution is -0.117. The average Bonchev–Trinajstić information content (AvgIpc) is 3.07. The fourth-order valence-corrected chi connectivity index (χ4v) is 3.93. The first-order valence-electron chi connectivity index (χ1n) is 10.0. The van der Waals surface area contributed by atoms with Crippen molar-refractivity contribution in [2.75, 3.05) is 18.0 Å². The monoisotopic (exact) mass is 440 g/mol. The molecule has 1 atom stereocenters. The summed E-state index contributed by atoms with van der Waals surface area (Å²) in [5, 5.41) is 7.80. The molecule has 9 heteroatoms. The number of amides is 1. The number of nitrogens with zero attached hydrogens (tertiary/aromatic N) is 5. The van der Waals surface area contributed by atoms with Crippen molar-refractivity contribution in [1.82, 2.24) is 25.1 Å². The van der Waals surface area contributed by atoms with Crippen LogP contribution in [0.25, 0.3) is 11.8 Å². The highest BCUT2D eigenvalue weighted by atomic mass is 35.5. The number of hydrogen-bond acceptors (Lipinski definition) is 5. The van der Waals surface area contributed by atoms with Gasteiger partial charge in [-0.1, -0.05) is 11.6 Å². The summed E-state index contributed by atoms with van der Waals surface area (Å²) in [6.07, 6.45) is 8.38. The highest BCUT2D eigenvalue weighted by Gasteiger charge is 2.22. The molecule has 1 unspecified atom stereocenters. The standard InChI is InChI=1S/C22H22ClFN6O/c1-15-19(21(23)30(28-15)18-7-5-16(24)6-8-18)9-10-20(31)27-17-4-2-13-29(14-17)22-25-11-3-12-26-22/h3,5-12,17H,2,4,13-14H2,1H3,(H,27,31). The maximum Gasteiger partial charge on any atom is 0.244 e. The molecule has 2 aromatic heterocycles. The number of halogens is 2. The van der Waals surface area contributed by atoms with Crippen LogP contribution in [-0.4, -0.2) is 44.8 Å². The van der Waals surface area contributed by atoms with Gasteiger partial charge in [0.2, 0.25) is 11.9 Å². The van der Waals surface area contributed by atoms with Crippen molar-refractivity contribution in [3.8, 4) is 5.69 Å². The smallest absolute Gasteiger partial charge is 0.244 e. The van der Waals surface area contributed by atoms with Gasteiger partial charge in [0, 0.05) is 43.2 Å². The summed E-state index contributed by atoms with van der Waals surface area (Å²) in [6.45, 7) is 3.33. The number of piperidine rings is 1. The van der Waals surface area contributed by atoms with Gasteiger partial charge in [-0.25, -0.2) is 19.0 Å². The van der Waals surface area contributed by atoms with Crippen LogP contribution in [-0.2, 0) is 4.79 Å². The first-order chi connectivity index (χ1) is 15.0. The van der Waals surface area contributed by atoms with Crippen molar-refractivity contribution in [1.29, 1.82) is 0 Å². The normalized spacial score (nSPS) is 16.6. The van der Waals surface area contributed by atoms with Gasteiger partial charge in [0.15, 0.2) is 0 Å². The van der Waals surface area contributed by atoms with Gasteiger partial charge in [-0.3, -0.25) is 4.79 Å². The Morgan fingerprint density at radius 3 is 2.74 bits per heavy atom. The Hall–Kier alpha value is -3.26. The van der Waals surface area contributed by atoms with Gasteiger partial charge in [0.25, 0.3) is 0 Å². The van der Waals surface area contributed by atoms with Gasteiger partial charge in [0.1, 0.15) is 11.0 Å². The lowest BCUT2D eigenvalue weighted by Gasteiger charge is -2.32. The van der Waals surface area contributed by atoms with Crippen molar-refractivity contribution in [2.45, 2.75) is 25.8 Å². The number of carbonyl (C=O) groups is 1. The van der Waals surface area contributed by atoms with Crippen LogP contribution in [0.2, 0.25) is 5.15 Å². The van der Waals surface area contributed by atoms with Crippen molar-refractivity contribution in [2.24, 2.45) is 0 Å². The maximum absolute atomic E-state index is 13.2. The minimum atomic E-state index is -0.333. The van der Waals surface area contributed by atoms with Gasteiger partial charge in [-0.05, 0) is 56.2 Å². The maximum atomic E-state index is 13.2. The van der Waals surface area contributed by atoms with Crippen LogP contribution >= 0.6 is 11.6 Å². The van der Waals surface area contributed by atoms with E-state index in [9.17, 15) is 9.18 Å². The van der Waals surface area contributed by atoms with E-state index >= 15 is 0 Å². The molecule has 0 saturated carbocycles. The predicted molar refractivity (Wildman–Crippen MR) is 118 cm³/mol. The van der Waals surface area contributed by atoms with Crippen LogP contribution in [0.5, 0.6) is 0 Å². The molecule has 1 saturated heterocycles. The Kier molecular flexibility index (Phi) is 6.27. The summed E-state index contributed by atoms with van der Waals surface area (Å²) >= 11 is 6.47. The number of aryl methyl sites for hydroxylation is 1. The Morgan fingerprint density at radius 1 is 1.26 bits per heavy atom. The van der Waals surface area contributed by atoms with Crippen LogP contribution in [0, 0.1) is 12.7 Å². The second kappa shape index (κ2) is 9.26. The summed E-state index contributed by atoms with van der Waals surface area (Å²) in [4.78, 5) is 23.2. The van der Waals surface area contributed by atoms with E-state index in [1.807, 2.05) is 6.92 Å². The molecule has 1 fully saturated rings. The Balaban J connectivity index is 1.42. The van der Waals surface area contributed by atoms with E-state index in [-0.39, 0.29) is 17.8 Å². The van der Waals surface area contributed by atoms with E-state index in [0.717, 1.165) is 19.4 Å². The molecule has 1 amide bonds. The summed E-state index contributed by atoms with van der Waals surface area (Å²) in [6, 6.07) is 7.67. The van der Waals surface area contributed by atoms with Crippen LogP contribution in [0.15, 0.2) is 48.8 Å². The zero-order valence-corrected chi connectivity index (χ0v) is 17.8. The van der Waals surface area contributed by atoms with Crippen LogP contribution < -0.4 is 10.2 Å². The number of anilines is 1. The molecule has 3 aromatic rings. The van der Waals surface area contributed by atoms with Crippen LogP contribution in [0.3, 0.4) is 0 Å². The van der Waals surface area contributed by atoms with E-state index in [1.54, 1.807) is 36.7 Å². The molecule has 0 radical (unpaired) electrons.